The summed E-state index contributed by atoms with van der Waals surface area (Å²) in [5.41, 5.74) is 3.90. The molecule has 0 aromatic heterocycles. The maximum atomic E-state index is 13.6. The number of amides is 4. The highest BCUT2D eigenvalue weighted by molar-refractivity contribution is 6.31. The summed E-state index contributed by atoms with van der Waals surface area (Å²) in [5.74, 6) is -0.447. The molecule has 3 aromatic carbocycles. The van der Waals surface area contributed by atoms with Gasteiger partial charge in [-0.05, 0) is 86.7 Å². The minimum absolute atomic E-state index is 0.0699. The lowest BCUT2D eigenvalue weighted by atomic mass is 9.98. The van der Waals surface area contributed by atoms with Crippen molar-refractivity contribution in [2.24, 2.45) is 0 Å². The van der Waals surface area contributed by atoms with Crippen molar-refractivity contribution in [2.75, 3.05) is 49.1 Å². The van der Waals surface area contributed by atoms with Gasteiger partial charge in [0.25, 0.3) is 17.7 Å². The first-order valence-electron chi connectivity index (χ1n) is 20.1. The number of carbonyl (C=O) groups is 4. The van der Waals surface area contributed by atoms with Crippen LogP contribution in [0.25, 0.3) is 0 Å². The van der Waals surface area contributed by atoms with Crippen molar-refractivity contribution >= 4 is 52.4 Å². The predicted octanol–water partition coefficient (Wildman–Crippen LogP) is 5.07. The number of hydrogen-bond donors (Lipinski definition) is 2. The van der Waals surface area contributed by atoms with E-state index >= 15 is 0 Å². The van der Waals surface area contributed by atoms with Crippen molar-refractivity contribution in [1.82, 2.24) is 20.0 Å². The zero-order valence-electron chi connectivity index (χ0n) is 31.7. The Morgan fingerprint density at radius 2 is 1.47 bits per heavy atom. The van der Waals surface area contributed by atoms with E-state index in [2.05, 4.69) is 38.2 Å². The molecule has 3 aromatic rings. The summed E-state index contributed by atoms with van der Waals surface area (Å²) < 4.78 is 6.32. The molecule has 3 atom stereocenters. The average Bonchev–Trinajstić information content (AvgIpc) is 3.64. The van der Waals surface area contributed by atoms with Crippen LogP contribution in [0, 0.1) is 16.7 Å². The van der Waals surface area contributed by atoms with Crippen LogP contribution in [0.5, 0.6) is 5.75 Å². The fourth-order valence-electron chi connectivity index (χ4n) is 9.93. The second-order valence-corrected chi connectivity index (χ2v) is 16.5. The van der Waals surface area contributed by atoms with E-state index in [0.717, 1.165) is 81.0 Å². The topological polar surface area (TPSA) is 153 Å². The molecular formula is C43H45ClN8O5. The van der Waals surface area contributed by atoms with Gasteiger partial charge in [-0.25, -0.2) is 0 Å². The van der Waals surface area contributed by atoms with Crippen molar-refractivity contribution in [3.8, 4) is 11.8 Å². The number of rotatable bonds is 7. The molecule has 5 saturated heterocycles. The molecule has 0 radical (unpaired) electrons. The van der Waals surface area contributed by atoms with Crippen LogP contribution in [-0.2, 0) is 4.79 Å². The molecule has 13 nitrogen and oxygen atoms in total. The van der Waals surface area contributed by atoms with Gasteiger partial charge in [0.2, 0.25) is 5.91 Å². The van der Waals surface area contributed by atoms with Crippen LogP contribution in [-0.4, -0.2) is 114 Å². The summed E-state index contributed by atoms with van der Waals surface area (Å²) in [6, 6.07) is 21.3. The highest BCUT2D eigenvalue weighted by atomic mass is 35.5. The van der Waals surface area contributed by atoms with Gasteiger partial charge < -0.3 is 24.8 Å². The van der Waals surface area contributed by atoms with Gasteiger partial charge in [0.05, 0.1) is 27.8 Å². The predicted molar refractivity (Wildman–Crippen MR) is 214 cm³/mol. The molecule has 14 heteroatoms. The van der Waals surface area contributed by atoms with Crippen molar-refractivity contribution in [3.63, 3.8) is 0 Å². The molecule has 4 amide bonds. The van der Waals surface area contributed by atoms with E-state index in [1.807, 2.05) is 29.2 Å². The average molecular weight is 789 g/mol. The fraction of sp³-hybridized carbons (Fsp3) is 0.442. The van der Waals surface area contributed by atoms with Gasteiger partial charge in [-0.1, -0.05) is 11.6 Å². The SMILES string of the molecule is N#Cc1ccc(OC2CC3CCC(C2)N3c2ccc(C(=O)N3CCN(C4CCN(c5ccc6c(c5)C(=O)N(C5CCC(=O)NC5=N)C6=O)CC4)CC3)cc2)cc1Cl. The van der Waals surface area contributed by atoms with Crippen LogP contribution in [0.15, 0.2) is 60.7 Å². The van der Waals surface area contributed by atoms with Gasteiger partial charge in [0.1, 0.15) is 23.8 Å². The van der Waals surface area contributed by atoms with Crippen LogP contribution < -0.4 is 19.9 Å². The van der Waals surface area contributed by atoms with E-state index in [1.165, 1.54) is 0 Å². The van der Waals surface area contributed by atoms with Gasteiger partial charge in [-0.15, -0.1) is 0 Å². The Hall–Kier alpha value is -5.45. The second-order valence-electron chi connectivity index (χ2n) is 16.1. The lowest BCUT2D eigenvalue weighted by molar-refractivity contribution is -0.120. The van der Waals surface area contributed by atoms with Crippen molar-refractivity contribution in [1.29, 1.82) is 10.7 Å². The Kier molecular flexibility index (Phi) is 9.86. The molecule has 6 aliphatic heterocycles. The standard InChI is InChI=1S/C43H45ClN8O5/c44-37-24-33(9-3-27(37)25-45)57-34-21-31-6-7-32(22-34)51(31)29-4-1-26(2-5-29)41(54)50-19-17-49(18-20-50)28-13-15-48(16-14-28)30-8-10-35-36(23-30)43(56)52(42(35)55)38-11-12-39(53)47-40(38)46/h1-5,8-10,23-24,28,31-32,34,38H,6-7,11-22H2,(H2,46,47,53). The number of benzene rings is 3. The highest BCUT2D eigenvalue weighted by Crippen LogP contribution is 2.41. The number of halogens is 1. The lowest BCUT2D eigenvalue weighted by Gasteiger charge is -2.43. The Bertz CT molecular complexity index is 2160. The number of piperazine rings is 1. The summed E-state index contributed by atoms with van der Waals surface area (Å²) in [5, 5.41) is 20.2. The molecule has 0 saturated carbocycles. The molecule has 2 N–H and O–H groups in total. The molecule has 0 aliphatic carbocycles. The van der Waals surface area contributed by atoms with E-state index in [1.54, 1.807) is 24.3 Å². The van der Waals surface area contributed by atoms with Crippen LogP contribution in [0.1, 0.15) is 88.0 Å². The number of fused-ring (bicyclic) bond motifs is 3. The van der Waals surface area contributed by atoms with Gasteiger partial charge in [-0.3, -0.25) is 34.4 Å². The van der Waals surface area contributed by atoms with Crippen LogP contribution >= 0.6 is 11.6 Å². The molecule has 2 bridgehead atoms. The van der Waals surface area contributed by atoms with Crippen molar-refractivity contribution < 1.29 is 23.9 Å². The highest BCUT2D eigenvalue weighted by Gasteiger charge is 2.44. The number of hydrogen-bond acceptors (Lipinski definition) is 10. The summed E-state index contributed by atoms with van der Waals surface area (Å²) in [6.45, 7) is 4.65. The minimum Gasteiger partial charge on any atom is -0.490 e. The number of nitriles is 1. The van der Waals surface area contributed by atoms with Crippen molar-refractivity contribution in [2.45, 2.75) is 81.6 Å². The number of anilines is 2. The smallest absolute Gasteiger partial charge is 0.262 e. The number of carbonyl (C=O) groups excluding carboxylic acids is 4. The lowest BCUT2D eigenvalue weighted by Crippen LogP contribution is -2.54. The zero-order chi connectivity index (χ0) is 39.4. The Morgan fingerprint density at radius 1 is 0.789 bits per heavy atom. The van der Waals surface area contributed by atoms with E-state index in [9.17, 15) is 24.4 Å². The summed E-state index contributed by atoms with van der Waals surface area (Å²) >= 11 is 6.24. The quantitative estimate of drug-likeness (QED) is 0.313. The number of imide groups is 1. The summed E-state index contributed by atoms with van der Waals surface area (Å²) in [4.78, 5) is 62.3. The number of nitrogens with one attached hydrogen (secondary N) is 2. The first kappa shape index (κ1) is 37.1. The Morgan fingerprint density at radius 3 is 2.14 bits per heavy atom. The van der Waals surface area contributed by atoms with Gasteiger partial charge in [-0.2, -0.15) is 5.26 Å². The van der Waals surface area contributed by atoms with Gasteiger partial charge >= 0.3 is 0 Å². The Balaban J connectivity index is 0.750. The van der Waals surface area contributed by atoms with Crippen LogP contribution in [0.3, 0.4) is 0 Å². The van der Waals surface area contributed by atoms with Crippen molar-refractivity contribution in [3.05, 3.63) is 87.9 Å². The molecule has 57 heavy (non-hydrogen) atoms. The molecule has 3 unspecified atom stereocenters. The van der Waals surface area contributed by atoms with E-state index in [-0.39, 0.29) is 36.6 Å². The molecule has 6 heterocycles. The molecule has 9 rings (SSSR count). The third kappa shape index (κ3) is 6.99. The molecular weight excluding hydrogens is 744 g/mol. The number of amidine groups is 1. The fourth-order valence-corrected chi connectivity index (χ4v) is 10.1. The van der Waals surface area contributed by atoms with Crippen LogP contribution in [0.4, 0.5) is 11.4 Å². The number of ether oxygens (including phenoxy) is 1. The zero-order valence-corrected chi connectivity index (χ0v) is 32.4. The monoisotopic (exact) mass is 788 g/mol. The third-order valence-corrected chi connectivity index (χ3v) is 13.2. The molecule has 294 valence electrons. The van der Waals surface area contributed by atoms with Gasteiger partial charge in [0.15, 0.2) is 0 Å². The second kappa shape index (κ2) is 15.1. The first-order chi connectivity index (χ1) is 27.6. The third-order valence-electron chi connectivity index (χ3n) is 12.9. The molecule has 6 aliphatic rings. The molecule has 0 spiro atoms. The minimum atomic E-state index is -0.758. The maximum absolute atomic E-state index is 13.6. The number of piperidine rings is 3. The van der Waals surface area contributed by atoms with E-state index in [4.69, 9.17) is 21.7 Å². The maximum Gasteiger partial charge on any atom is 0.262 e. The van der Waals surface area contributed by atoms with E-state index in [0.29, 0.717) is 64.2 Å². The first-order valence-corrected chi connectivity index (χ1v) is 20.5. The summed E-state index contributed by atoms with van der Waals surface area (Å²) in [6.07, 6.45) is 6.46. The summed E-state index contributed by atoms with van der Waals surface area (Å²) in [7, 11) is 0. The van der Waals surface area contributed by atoms with Gasteiger partial charge in [0, 0.05) is 99.7 Å². The van der Waals surface area contributed by atoms with E-state index < -0.39 is 17.9 Å². The van der Waals surface area contributed by atoms with Crippen LogP contribution in [0.2, 0.25) is 5.02 Å². The Labute approximate surface area is 336 Å². The normalized spacial score (nSPS) is 25.4. The number of nitrogens with zero attached hydrogens (tertiary/aromatic N) is 6. The molecule has 5 fully saturated rings. The largest absolute Gasteiger partial charge is 0.490 e.